The lowest BCUT2D eigenvalue weighted by atomic mass is 10.1. The van der Waals surface area contributed by atoms with Gasteiger partial charge in [0.15, 0.2) is 5.82 Å². The molecule has 0 saturated heterocycles. The van der Waals surface area contributed by atoms with Crippen molar-refractivity contribution in [3.8, 4) is 11.4 Å². The zero-order chi connectivity index (χ0) is 20.6. The Morgan fingerprint density at radius 1 is 0.833 bits per heavy atom. The maximum atomic E-state index is 13.0. The van der Waals surface area contributed by atoms with Gasteiger partial charge in [-0.25, -0.2) is 8.42 Å². The van der Waals surface area contributed by atoms with E-state index in [1.807, 2.05) is 48.5 Å². The van der Waals surface area contributed by atoms with Gasteiger partial charge in [0.25, 0.3) is 10.0 Å². The quantitative estimate of drug-likeness (QED) is 0.524. The molecular formula is C23H22N4O2S. The van der Waals surface area contributed by atoms with Gasteiger partial charge >= 0.3 is 0 Å². The van der Waals surface area contributed by atoms with Crippen molar-refractivity contribution in [2.45, 2.75) is 37.1 Å². The molecule has 0 radical (unpaired) electrons. The number of sulfonamides is 1. The summed E-state index contributed by atoms with van der Waals surface area (Å²) in [7, 11) is -3.71. The van der Waals surface area contributed by atoms with Gasteiger partial charge < -0.3 is 4.57 Å². The van der Waals surface area contributed by atoms with E-state index in [-0.39, 0.29) is 4.90 Å². The fourth-order valence-corrected chi connectivity index (χ4v) is 5.05. The third-order valence-corrected chi connectivity index (χ3v) is 6.89. The van der Waals surface area contributed by atoms with E-state index >= 15 is 0 Å². The summed E-state index contributed by atoms with van der Waals surface area (Å²) in [5, 5.41) is 10.6. The molecule has 0 aliphatic carbocycles. The first-order valence-corrected chi connectivity index (χ1v) is 11.6. The molecule has 30 heavy (non-hydrogen) atoms. The smallest absolute Gasteiger partial charge is 0.261 e. The van der Waals surface area contributed by atoms with Crippen molar-refractivity contribution in [1.82, 2.24) is 14.8 Å². The molecule has 3 aromatic carbocycles. The summed E-state index contributed by atoms with van der Waals surface area (Å²) in [6.45, 7) is 0.894. The van der Waals surface area contributed by atoms with Crippen LogP contribution in [0.3, 0.4) is 0 Å². The first kappa shape index (κ1) is 18.8. The SMILES string of the molecule is O=S(=O)(Nc1cccc(-c2nnc3n2CCCCC3)c1)c1ccc2ccccc2c1. The molecule has 0 fully saturated rings. The number of hydrogen-bond acceptors (Lipinski definition) is 4. The summed E-state index contributed by atoms with van der Waals surface area (Å²) >= 11 is 0. The van der Waals surface area contributed by atoms with Crippen LogP contribution >= 0.6 is 0 Å². The molecule has 7 heteroatoms. The summed E-state index contributed by atoms with van der Waals surface area (Å²) in [6.07, 6.45) is 4.35. The number of benzene rings is 3. The Kier molecular flexibility index (Phi) is 4.75. The number of hydrogen-bond donors (Lipinski definition) is 1. The van der Waals surface area contributed by atoms with E-state index in [1.54, 1.807) is 18.2 Å². The first-order valence-electron chi connectivity index (χ1n) is 10.1. The highest BCUT2D eigenvalue weighted by Gasteiger charge is 2.18. The van der Waals surface area contributed by atoms with E-state index in [1.165, 1.54) is 6.42 Å². The van der Waals surface area contributed by atoms with Crippen molar-refractivity contribution in [2.24, 2.45) is 0 Å². The van der Waals surface area contributed by atoms with Gasteiger partial charge in [0.1, 0.15) is 5.82 Å². The van der Waals surface area contributed by atoms with E-state index in [9.17, 15) is 8.42 Å². The second-order valence-corrected chi connectivity index (χ2v) is 9.28. The van der Waals surface area contributed by atoms with Gasteiger partial charge in [0.05, 0.1) is 4.90 Å². The Bertz CT molecular complexity index is 1330. The van der Waals surface area contributed by atoms with Crippen molar-refractivity contribution in [1.29, 1.82) is 0 Å². The molecular weight excluding hydrogens is 396 g/mol. The van der Waals surface area contributed by atoms with Crippen LogP contribution in [0.5, 0.6) is 0 Å². The molecule has 0 bridgehead atoms. The molecule has 0 spiro atoms. The molecule has 1 aliphatic rings. The fraction of sp³-hybridized carbons (Fsp3) is 0.217. The average Bonchev–Trinajstić information content (AvgIpc) is 3.01. The summed E-state index contributed by atoms with van der Waals surface area (Å²) in [5.41, 5.74) is 1.36. The summed E-state index contributed by atoms with van der Waals surface area (Å²) < 4.78 is 30.8. The van der Waals surface area contributed by atoms with Gasteiger partial charge in [-0.1, -0.05) is 48.9 Å². The van der Waals surface area contributed by atoms with E-state index in [4.69, 9.17) is 0 Å². The van der Waals surface area contributed by atoms with Gasteiger partial charge in [0.2, 0.25) is 0 Å². The van der Waals surface area contributed by atoms with E-state index in [0.29, 0.717) is 5.69 Å². The molecule has 5 rings (SSSR count). The lowest BCUT2D eigenvalue weighted by Gasteiger charge is -2.11. The van der Waals surface area contributed by atoms with Crippen LogP contribution in [0.15, 0.2) is 71.6 Å². The molecule has 1 N–H and O–H groups in total. The predicted molar refractivity (Wildman–Crippen MR) is 118 cm³/mol. The van der Waals surface area contributed by atoms with Gasteiger partial charge in [-0.05, 0) is 47.9 Å². The topological polar surface area (TPSA) is 76.9 Å². The molecule has 2 heterocycles. The van der Waals surface area contributed by atoms with Crippen molar-refractivity contribution < 1.29 is 8.42 Å². The minimum atomic E-state index is -3.71. The normalized spacial score (nSPS) is 14.3. The Morgan fingerprint density at radius 2 is 1.70 bits per heavy atom. The van der Waals surface area contributed by atoms with E-state index < -0.39 is 10.0 Å². The maximum Gasteiger partial charge on any atom is 0.261 e. The predicted octanol–water partition coefficient (Wildman–Crippen LogP) is 4.63. The van der Waals surface area contributed by atoms with Gasteiger partial charge in [-0.2, -0.15) is 0 Å². The average molecular weight is 419 g/mol. The lowest BCUT2D eigenvalue weighted by Crippen LogP contribution is -2.13. The lowest BCUT2D eigenvalue weighted by molar-refractivity contribution is 0.601. The largest absolute Gasteiger partial charge is 0.311 e. The highest BCUT2D eigenvalue weighted by molar-refractivity contribution is 7.92. The van der Waals surface area contributed by atoms with Crippen LogP contribution in [-0.4, -0.2) is 23.2 Å². The van der Waals surface area contributed by atoms with Crippen molar-refractivity contribution >= 4 is 26.5 Å². The van der Waals surface area contributed by atoms with Crippen molar-refractivity contribution in [2.75, 3.05) is 4.72 Å². The minimum absolute atomic E-state index is 0.239. The molecule has 1 aliphatic heterocycles. The molecule has 1 aromatic heterocycles. The molecule has 4 aromatic rings. The second kappa shape index (κ2) is 7.57. The van der Waals surface area contributed by atoms with Crippen molar-refractivity contribution in [3.05, 3.63) is 72.6 Å². The number of rotatable bonds is 4. The van der Waals surface area contributed by atoms with Crippen molar-refractivity contribution in [3.63, 3.8) is 0 Å². The van der Waals surface area contributed by atoms with Gasteiger partial charge in [-0.15, -0.1) is 10.2 Å². The third kappa shape index (κ3) is 3.57. The number of nitrogens with zero attached hydrogens (tertiary/aromatic N) is 3. The zero-order valence-electron chi connectivity index (χ0n) is 16.5. The number of aromatic nitrogens is 3. The Morgan fingerprint density at radius 3 is 2.60 bits per heavy atom. The number of aryl methyl sites for hydroxylation is 1. The van der Waals surface area contributed by atoms with Crippen LogP contribution < -0.4 is 4.72 Å². The fourth-order valence-electron chi connectivity index (χ4n) is 3.97. The highest BCUT2D eigenvalue weighted by atomic mass is 32.2. The standard InChI is InChI=1S/C23H22N4O2S/c28-30(29,21-13-12-17-7-3-4-8-18(17)16-21)26-20-10-6-9-19(15-20)23-25-24-22-11-2-1-5-14-27(22)23/h3-4,6-10,12-13,15-16,26H,1-2,5,11,14H2. The number of anilines is 1. The summed E-state index contributed by atoms with van der Waals surface area (Å²) in [5.74, 6) is 1.79. The second-order valence-electron chi connectivity index (χ2n) is 7.60. The molecule has 6 nitrogen and oxygen atoms in total. The third-order valence-electron chi connectivity index (χ3n) is 5.51. The Hall–Kier alpha value is -3.19. The first-order chi connectivity index (χ1) is 14.6. The maximum absolute atomic E-state index is 13.0. The molecule has 0 atom stereocenters. The van der Waals surface area contributed by atoms with E-state index in [2.05, 4.69) is 19.5 Å². The summed E-state index contributed by atoms with van der Waals surface area (Å²) in [4.78, 5) is 0.239. The van der Waals surface area contributed by atoms with Crippen LogP contribution in [0.2, 0.25) is 0 Å². The van der Waals surface area contributed by atoms with Crippen LogP contribution in [0.4, 0.5) is 5.69 Å². The van der Waals surface area contributed by atoms with Crippen LogP contribution in [-0.2, 0) is 23.0 Å². The van der Waals surface area contributed by atoms with E-state index in [0.717, 1.165) is 53.8 Å². The monoisotopic (exact) mass is 418 g/mol. The van der Waals surface area contributed by atoms with Crippen LogP contribution in [0, 0.1) is 0 Å². The minimum Gasteiger partial charge on any atom is -0.311 e. The van der Waals surface area contributed by atoms with Gasteiger partial charge in [-0.3, -0.25) is 4.72 Å². The molecule has 152 valence electrons. The highest BCUT2D eigenvalue weighted by Crippen LogP contribution is 2.27. The Balaban J connectivity index is 1.46. The number of fused-ring (bicyclic) bond motifs is 2. The molecule has 0 unspecified atom stereocenters. The van der Waals surface area contributed by atoms with Crippen LogP contribution in [0.25, 0.3) is 22.2 Å². The zero-order valence-corrected chi connectivity index (χ0v) is 17.3. The molecule has 0 amide bonds. The van der Waals surface area contributed by atoms with Crippen LogP contribution in [0.1, 0.15) is 25.1 Å². The summed E-state index contributed by atoms with van der Waals surface area (Å²) in [6, 6.07) is 20.2. The number of nitrogens with one attached hydrogen (secondary N) is 1. The molecule has 0 saturated carbocycles. The Labute approximate surface area is 175 Å². The van der Waals surface area contributed by atoms with Gasteiger partial charge in [0, 0.05) is 24.2 Å².